The molecule has 0 spiro atoms. The number of hydrogen-bond acceptors (Lipinski definition) is 2. The summed E-state index contributed by atoms with van der Waals surface area (Å²) in [4.78, 5) is 11.8. The topological polar surface area (TPSA) is 55.1 Å². The second-order valence-electron chi connectivity index (χ2n) is 4.29. The van der Waals surface area contributed by atoms with Crippen molar-refractivity contribution in [3.63, 3.8) is 0 Å². The fourth-order valence-electron chi connectivity index (χ4n) is 1.54. The van der Waals surface area contributed by atoms with Crippen LogP contribution in [0.5, 0.6) is 0 Å². The molecule has 0 saturated heterocycles. The van der Waals surface area contributed by atoms with Crippen LogP contribution >= 0.6 is 0 Å². The van der Waals surface area contributed by atoms with E-state index in [1.54, 1.807) is 19.1 Å². The molecule has 0 aromatic heterocycles. The van der Waals surface area contributed by atoms with Crippen LogP contribution in [0, 0.1) is 18.7 Å². The van der Waals surface area contributed by atoms with Gasteiger partial charge in [0.05, 0.1) is 0 Å². The Morgan fingerprint density at radius 1 is 1.53 bits per heavy atom. The third-order valence-electron chi connectivity index (χ3n) is 2.71. The number of amides is 1. The van der Waals surface area contributed by atoms with Gasteiger partial charge >= 0.3 is 0 Å². The number of benzene rings is 1. The molecule has 94 valence electrons. The molecule has 0 saturated carbocycles. The van der Waals surface area contributed by atoms with E-state index in [9.17, 15) is 9.18 Å². The minimum atomic E-state index is -0.265. The van der Waals surface area contributed by atoms with Gasteiger partial charge in [-0.15, -0.1) is 0 Å². The maximum absolute atomic E-state index is 13.0. The molecule has 0 aliphatic rings. The van der Waals surface area contributed by atoms with E-state index in [0.29, 0.717) is 17.8 Å². The van der Waals surface area contributed by atoms with E-state index in [1.807, 2.05) is 6.92 Å². The van der Waals surface area contributed by atoms with E-state index in [2.05, 4.69) is 5.32 Å². The monoisotopic (exact) mass is 238 g/mol. The Morgan fingerprint density at radius 2 is 2.24 bits per heavy atom. The lowest BCUT2D eigenvalue weighted by Gasteiger charge is -2.12. The first-order valence-corrected chi connectivity index (χ1v) is 5.81. The predicted octanol–water partition coefficient (Wildman–Crippen LogP) is 2.45. The number of carbonyl (C=O) groups is 1. The van der Waals surface area contributed by atoms with Crippen LogP contribution in [0.4, 0.5) is 10.1 Å². The molecule has 1 aromatic rings. The molecule has 1 amide bonds. The van der Waals surface area contributed by atoms with Crippen LogP contribution in [-0.2, 0) is 4.79 Å². The van der Waals surface area contributed by atoms with Crippen molar-refractivity contribution in [3.8, 4) is 0 Å². The molecule has 1 unspecified atom stereocenters. The lowest BCUT2D eigenvalue weighted by molar-refractivity contribution is -0.119. The SMILES string of the molecule is Cc1cc(NC(=O)C(C)CCCN)ccc1F. The summed E-state index contributed by atoms with van der Waals surface area (Å²) < 4.78 is 13.0. The molecule has 0 bridgehead atoms. The van der Waals surface area contributed by atoms with Gasteiger partial charge in [-0.3, -0.25) is 4.79 Å². The van der Waals surface area contributed by atoms with E-state index in [-0.39, 0.29) is 17.6 Å². The Morgan fingerprint density at radius 3 is 2.82 bits per heavy atom. The van der Waals surface area contributed by atoms with Crippen molar-refractivity contribution >= 4 is 11.6 Å². The predicted molar refractivity (Wildman–Crippen MR) is 67.2 cm³/mol. The molecule has 0 fully saturated rings. The molecule has 3 nitrogen and oxygen atoms in total. The molecule has 3 N–H and O–H groups in total. The number of rotatable bonds is 5. The zero-order chi connectivity index (χ0) is 12.8. The van der Waals surface area contributed by atoms with Gasteiger partial charge in [-0.05, 0) is 50.1 Å². The highest BCUT2D eigenvalue weighted by molar-refractivity contribution is 5.92. The van der Waals surface area contributed by atoms with Crippen LogP contribution in [0.3, 0.4) is 0 Å². The average molecular weight is 238 g/mol. The first-order chi connectivity index (χ1) is 8.04. The lowest BCUT2D eigenvalue weighted by Crippen LogP contribution is -2.21. The van der Waals surface area contributed by atoms with Gasteiger partial charge in [0, 0.05) is 11.6 Å². The summed E-state index contributed by atoms with van der Waals surface area (Å²) >= 11 is 0. The maximum atomic E-state index is 13.0. The fraction of sp³-hybridized carbons (Fsp3) is 0.462. The highest BCUT2D eigenvalue weighted by atomic mass is 19.1. The van der Waals surface area contributed by atoms with Crippen molar-refractivity contribution < 1.29 is 9.18 Å². The van der Waals surface area contributed by atoms with Gasteiger partial charge < -0.3 is 11.1 Å². The van der Waals surface area contributed by atoms with E-state index >= 15 is 0 Å². The van der Waals surface area contributed by atoms with E-state index in [4.69, 9.17) is 5.73 Å². The Kier molecular flexibility index (Phi) is 5.10. The molecule has 0 radical (unpaired) electrons. The van der Waals surface area contributed by atoms with Crippen LogP contribution in [0.15, 0.2) is 18.2 Å². The largest absolute Gasteiger partial charge is 0.330 e. The Bertz CT molecular complexity index is 393. The number of nitrogens with one attached hydrogen (secondary N) is 1. The lowest BCUT2D eigenvalue weighted by atomic mass is 10.0. The number of carbonyl (C=O) groups excluding carboxylic acids is 1. The highest BCUT2D eigenvalue weighted by Gasteiger charge is 2.12. The number of aryl methyl sites for hydroxylation is 1. The third-order valence-corrected chi connectivity index (χ3v) is 2.71. The van der Waals surface area contributed by atoms with Gasteiger partial charge in [0.15, 0.2) is 0 Å². The molecular weight excluding hydrogens is 219 g/mol. The quantitative estimate of drug-likeness (QED) is 0.827. The zero-order valence-electron chi connectivity index (χ0n) is 10.3. The van der Waals surface area contributed by atoms with Gasteiger partial charge in [-0.2, -0.15) is 0 Å². The summed E-state index contributed by atoms with van der Waals surface area (Å²) in [5, 5.41) is 2.77. The fourth-order valence-corrected chi connectivity index (χ4v) is 1.54. The molecule has 1 aromatic carbocycles. The number of anilines is 1. The minimum Gasteiger partial charge on any atom is -0.330 e. The number of nitrogens with two attached hydrogens (primary N) is 1. The smallest absolute Gasteiger partial charge is 0.227 e. The molecule has 0 aliphatic carbocycles. The van der Waals surface area contributed by atoms with E-state index in [0.717, 1.165) is 12.8 Å². The summed E-state index contributed by atoms with van der Waals surface area (Å²) in [5.74, 6) is -0.396. The van der Waals surface area contributed by atoms with Gasteiger partial charge in [-0.25, -0.2) is 4.39 Å². The molecule has 4 heteroatoms. The molecule has 1 atom stereocenters. The van der Waals surface area contributed by atoms with Gasteiger partial charge in [0.2, 0.25) is 5.91 Å². The Labute approximate surface area is 101 Å². The zero-order valence-corrected chi connectivity index (χ0v) is 10.3. The average Bonchev–Trinajstić information content (AvgIpc) is 2.30. The first kappa shape index (κ1) is 13.6. The van der Waals surface area contributed by atoms with Crippen molar-refractivity contribution in [1.29, 1.82) is 0 Å². The van der Waals surface area contributed by atoms with Gasteiger partial charge in [-0.1, -0.05) is 6.92 Å². The second-order valence-corrected chi connectivity index (χ2v) is 4.29. The third kappa shape index (κ3) is 4.15. The van der Waals surface area contributed by atoms with Crippen molar-refractivity contribution in [2.24, 2.45) is 11.7 Å². The maximum Gasteiger partial charge on any atom is 0.227 e. The van der Waals surface area contributed by atoms with Crippen molar-refractivity contribution in [2.75, 3.05) is 11.9 Å². The van der Waals surface area contributed by atoms with E-state index in [1.165, 1.54) is 6.07 Å². The number of halogens is 1. The van der Waals surface area contributed by atoms with Crippen molar-refractivity contribution in [3.05, 3.63) is 29.6 Å². The van der Waals surface area contributed by atoms with Crippen LogP contribution in [0.1, 0.15) is 25.3 Å². The van der Waals surface area contributed by atoms with E-state index < -0.39 is 0 Å². The van der Waals surface area contributed by atoms with Crippen LogP contribution in [0.2, 0.25) is 0 Å². The second kappa shape index (κ2) is 6.35. The summed E-state index contributed by atoms with van der Waals surface area (Å²) in [6.07, 6.45) is 1.60. The van der Waals surface area contributed by atoms with Gasteiger partial charge in [0.1, 0.15) is 5.82 Å². The Hall–Kier alpha value is -1.42. The summed E-state index contributed by atoms with van der Waals surface area (Å²) in [6.45, 7) is 4.12. The van der Waals surface area contributed by atoms with Gasteiger partial charge in [0.25, 0.3) is 0 Å². The summed E-state index contributed by atoms with van der Waals surface area (Å²) in [7, 11) is 0. The van der Waals surface area contributed by atoms with Crippen molar-refractivity contribution in [2.45, 2.75) is 26.7 Å². The molecule has 17 heavy (non-hydrogen) atoms. The molecular formula is C13H19FN2O. The number of hydrogen-bond donors (Lipinski definition) is 2. The molecule has 1 rings (SSSR count). The Balaban J connectivity index is 2.58. The van der Waals surface area contributed by atoms with Crippen molar-refractivity contribution in [1.82, 2.24) is 0 Å². The van der Waals surface area contributed by atoms with Crippen LogP contribution < -0.4 is 11.1 Å². The summed E-state index contributed by atoms with van der Waals surface area (Å²) in [5.41, 5.74) is 6.55. The van der Waals surface area contributed by atoms with Crippen LogP contribution in [-0.4, -0.2) is 12.5 Å². The highest BCUT2D eigenvalue weighted by Crippen LogP contribution is 2.15. The molecule has 0 heterocycles. The standard InChI is InChI=1S/C13H19FN2O/c1-9(4-3-7-15)13(17)16-11-5-6-12(14)10(2)8-11/h5-6,8-9H,3-4,7,15H2,1-2H3,(H,16,17). The first-order valence-electron chi connectivity index (χ1n) is 5.81. The van der Waals surface area contributed by atoms with Crippen LogP contribution in [0.25, 0.3) is 0 Å². The minimum absolute atomic E-state index is 0.0514. The normalized spacial score (nSPS) is 12.2. The summed E-state index contributed by atoms with van der Waals surface area (Å²) in [6, 6.07) is 4.55. The molecule has 0 aliphatic heterocycles.